The van der Waals surface area contributed by atoms with Crippen LogP contribution in [0.4, 0.5) is 4.79 Å². The highest BCUT2D eigenvalue weighted by Gasteiger charge is 2.40. The topological polar surface area (TPSA) is 176 Å². The largest absolute Gasteiger partial charge is 0.465 e. The minimum Gasteiger partial charge on any atom is -0.465 e. The Morgan fingerprint density at radius 1 is 0.684 bits per heavy atom. The van der Waals surface area contributed by atoms with Gasteiger partial charge in [-0.3, -0.25) is 14.4 Å². The zero-order valence-corrected chi connectivity index (χ0v) is 32.0. The maximum Gasteiger partial charge on any atom is 0.404 e. The van der Waals surface area contributed by atoms with Crippen molar-refractivity contribution in [2.24, 2.45) is 5.92 Å². The Labute approximate surface area is 331 Å². The number of aromatic amines is 2. The molecule has 5 atom stereocenters. The van der Waals surface area contributed by atoms with Crippen LogP contribution in [0.3, 0.4) is 0 Å². The molecule has 13 nitrogen and oxygen atoms in total. The zero-order valence-electron chi connectivity index (χ0n) is 32.0. The van der Waals surface area contributed by atoms with Gasteiger partial charge in [0.1, 0.15) is 17.7 Å². The van der Waals surface area contributed by atoms with Crippen molar-refractivity contribution in [1.29, 1.82) is 0 Å². The number of imidazole rings is 2. The van der Waals surface area contributed by atoms with E-state index in [4.69, 9.17) is 9.97 Å². The van der Waals surface area contributed by atoms with Crippen LogP contribution in [0.1, 0.15) is 93.6 Å². The lowest BCUT2D eigenvalue weighted by Gasteiger charge is -2.35. The molecule has 294 valence electrons. The van der Waals surface area contributed by atoms with Crippen molar-refractivity contribution >= 4 is 23.8 Å². The number of benzene rings is 3. The smallest absolute Gasteiger partial charge is 0.404 e. The molecule has 0 radical (unpaired) electrons. The molecule has 5 aromatic rings. The molecule has 4 heterocycles. The second-order valence-electron chi connectivity index (χ2n) is 15.4. The van der Waals surface area contributed by atoms with Crippen molar-refractivity contribution in [3.8, 4) is 33.6 Å². The molecule has 4 amide bonds. The zero-order chi connectivity index (χ0) is 39.5. The molecule has 2 saturated heterocycles. The van der Waals surface area contributed by atoms with Crippen LogP contribution in [0.2, 0.25) is 0 Å². The van der Waals surface area contributed by atoms with E-state index < -0.39 is 12.1 Å². The van der Waals surface area contributed by atoms with Crippen LogP contribution in [0.25, 0.3) is 33.6 Å². The van der Waals surface area contributed by atoms with Crippen LogP contribution >= 0.6 is 0 Å². The first kappa shape index (κ1) is 37.7. The molecule has 3 aromatic carbocycles. The van der Waals surface area contributed by atoms with Crippen molar-refractivity contribution in [3.05, 3.63) is 108 Å². The molecule has 2 aliphatic heterocycles. The van der Waals surface area contributed by atoms with E-state index in [1.54, 1.807) is 0 Å². The highest BCUT2D eigenvalue weighted by Crippen LogP contribution is 2.37. The first-order valence-electron chi connectivity index (χ1n) is 20.0. The number of carboxylic acid groups (broad SMARTS) is 1. The Kier molecular flexibility index (Phi) is 10.9. The molecular weight excluding hydrogens is 721 g/mol. The Hall–Kier alpha value is -6.24. The van der Waals surface area contributed by atoms with Gasteiger partial charge in [0.25, 0.3) is 0 Å². The van der Waals surface area contributed by atoms with Crippen LogP contribution in [-0.2, 0) is 14.4 Å². The first-order chi connectivity index (χ1) is 27.7. The second kappa shape index (κ2) is 16.5. The lowest BCUT2D eigenvalue weighted by atomic mass is 9.83. The summed E-state index contributed by atoms with van der Waals surface area (Å²) in [6, 6.07) is 24.4. The number of nitrogens with zero attached hydrogens (tertiary/aromatic N) is 4. The summed E-state index contributed by atoms with van der Waals surface area (Å²) < 4.78 is 0. The van der Waals surface area contributed by atoms with Gasteiger partial charge in [-0.1, -0.05) is 91.7 Å². The molecule has 1 saturated carbocycles. The fourth-order valence-electron chi connectivity index (χ4n) is 8.89. The van der Waals surface area contributed by atoms with Gasteiger partial charge in [-0.2, -0.15) is 0 Å². The van der Waals surface area contributed by atoms with E-state index in [9.17, 15) is 24.3 Å². The molecule has 1 aliphatic carbocycles. The van der Waals surface area contributed by atoms with E-state index in [2.05, 4.69) is 69.1 Å². The summed E-state index contributed by atoms with van der Waals surface area (Å²) in [6.45, 7) is 2.66. The van der Waals surface area contributed by atoms with Crippen LogP contribution in [0.5, 0.6) is 0 Å². The number of likely N-dealkylation sites (tertiary alicyclic amines) is 2. The summed E-state index contributed by atoms with van der Waals surface area (Å²) in [6.07, 6.45) is 9.08. The Morgan fingerprint density at radius 2 is 1.21 bits per heavy atom. The van der Waals surface area contributed by atoms with Gasteiger partial charge in [-0.05, 0) is 66.3 Å². The number of hydrogen-bond acceptors (Lipinski definition) is 6. The van der Waals surface area contributed by atoms with Gasteiger partial charge >= 0.3 is 6.09 Å². The quantitative estimate of drug-likeness (QED) is 0.100. The number of carbonyl (C=O) groups is 4. The summed E-state index contributed by atoms with van der Waals surface area (Å²) in [7, 11) is 0. The van der Waals surface area contributed by atoms with E-state index in [0.717, 1.165) is 89.4 Å². The normalized spacial score (nSPS) is 21.3. The average Bonchev–Trinajstić information content (AvgIpc) is 4.07. The van der Waals surface area contributed by atoms with Crippen molar-refractivity contribution in [3.63, 3.8) is 0 Å². The highest BCUT2D eigenvalue weighted by molar-refractivity contribution is 5.88. The van der Waals surface area contributed by atoms with Gasteiger partial charge in [0.05, 0.1) is 41.8 Å². The van der Waals surface area contributed by atoms with Crippen molar-refractivity contribution in [2.45, 2.75) is 82.5 Å². The van der Waals surface area contributed by atoms with Gasteiger partial charge in [-0.25, -0.2) is 14.8 Å². The monoisotopic (exact) mass is 768 g/mol. The second-order valence-corrected chi connectivity index (χ2v) is 15.4. The van der Waals surface area contributed by atoms with E-state index in [0.29, 0.717) is 25.9 Å². The molecule has 3 fully saturated rings. The summed E-state index contributed by atoms with van der Waals surface area (Å²) in [5.41, 5.74) is 6.57. The highest BCUT2D eigenvalue weighted by atomic mass is 16.4. The standard InChI is InChI=1S/C44H48N8O5/c1-27(53)47-39(32-9-3-2-4-10-32)43(55)52-24-8-14-38(52)41-46-26-36(49-41)31-21-17-29(18-22-31)28-15-19-30(20-16-28)35-25-45-40(48-35)37-13-7-23-51(37)42(54)33-11-5-6-12-34(33)50-44(56)57/h2-4,9-10,15-22,25-26,33-34,37-39,50H,5-8,11-14,23-24H2,1H3,(H,45,48)(H,46,49)(H,47,53)(H,56,57)/t33-,34+,37?,38?,39?/m0/s1. The lowest BCUT2D eigenvalue weighted by Crippen LogP contribution is -2.49. The molecular formula is C44H48N8O5. The predicted molar refractivity (Wildman–Crippen MR) is 214 cm³/mol. The van der Waals surface area contributed by atoms with Gasteiger partial charge in [0, 0.05) is 26.1 Å². The summed E-state index contributed by atoms with van der Waals surface area (Å²) in [5, 5.41) is 14.8. The SMILES string of the molecule is CC(=O)NC(C(=O)N1CCCC1c1ncc(-c2ccc(-c3ccc(-c4cnc(C5CCCN5C(=O)[C@H]5CCCC[C@H]5NC(=O)O)[nH]4)cc3)cc2)[nH]1)c1ccccc1. The van der Waals surface area contributed by atoms with Crippen LogP contribution < -0.4 is 10.6 Å². The number of amides is 4. The molecule has 2 aromatic heterocycles. The minimum absolute atomic E-state index is 0.0154. The Morgan fingerprint density at radius 3 is 1.77 bits per heavy atom. The summed E-state index contributed by atoms with van der Waals surface area (Å²) >= 11 is 0. The van der Waals surface area contributed by atoms with Gasteiger partial charge in [0.2, 0.25) is 17.7 Å². The van der Waals surface area contributed by atoms with Crippen LogP contribution in [0.15, 0.2) is 91.3 Å². The van der Waals surface area contributed by atoms with E-state index in [1.807, 2.05) is 52.5 Å². The lowest BCUT2D eigenvalue weighted by molar-refractivity contribution is -0.138. The van der Waals surface area contributed by atoms with Gasteiger partial charge in [0.15, 0.2) is 0 Å². The van der Waals surface area contributed by atoms with Crippen LogP contribution in [0, 0.1) is 5.92 Å². The molecule has 0 spiro atoms. The molecule has 8 rings (SSSR count). The van der Waals surface area contributed by atoms with Crippen molar-refractivity contribution in [1.82, 2.24) is 40.4 Å². The molecule has 3 unspecified atom stereocenters. The molecule has 3 aliphatic rings. The number of rotatable bonds is 10. The summed E-state index contributed by atoms with van der Waals surface area (Å²) in [5.74, 6) is 0.746. The molecule has 5 N–H and O–H groups in total. The fourth-order valence-corrected chi connectivity index (χ4v) is 8.89. The average molecular weight is 769 g/mol. The number of aromatic nitrogens is 4. The summed E-state index contributed by atoms with van der Waals surface area (Å²) in [4.78, 5) is 71.1. The number of nitrogens with one attached hydrogen (secondary N) is 4. The predicted octanol–water partition coefficient (Wildman–Crippen LogP) is 7.16. The minimum atomic E-state index is -1.08. The number of hydrogen-bond donors (Lipinski definition) is 5. The third-order valence-electron chi connectivity index (χ3n) is 11.7. The van der Waals surface area contributed by atoms with Crippen LogP contribution in [-0.4, -0.2) is 77.8 Å². The third-order valence-corrected chi connectivity index (χ3v) is 11.7. The number of H-pyrrole nitrogens is 2. The van der Waals surface area contributed by atoms with E-state index in [1.165, 1.54) is 6.92 Å². The maximum absolute atomic E-state index is 13.8. The number of carbonyl (C=O) groups excluding carboxylic acids is 3. The molecule has 0 bridgehead atoms. The fraction of sp³-hybridized carbons (Fsp3) is 0.364. The van der Waals surface area contributed by atoms with Crippen molar-refractivity contribution in [2.75, 3.05) is 13.1 Å². The van der Waals surface area contributed by atoms with E-state index >= 15 is 0 Å². The third kappa shape index (κ3) is 8.05. The first-order valence-corrected chi connectivity index (χ1v) is 20.0. The van der Waals surface area contributed by atoms with Crippen molar-refractivity contribution < 1.29 is 24.3 Å². The Balaban J connectivity index is 0.918. The van der Waals surface area contributed by atoms with Gasteiger partial charge < -0.3 is 35.5 Å². The van der Waals surface area contributed by atoms with Gasteiger partial charge in [-0.15, -0.1) is 0 Å². The maximum atomic E-state index is 13.8. The Bertz CT molecular complexity index is 2220. The molecule has 57 heavy (non-hydrogen) atoms. The molecule has 13 heteroatoms. The van der Waals surface area contributed by atoms with E-state index in [-0.39, 0.29) is 41.8 Å².